The summed E-state index contributed by atoms with van der Waals surface area (Å²) in [6.45, 7) is 3.11. The van der Waals surface area contributed by atoms with Crippen LogP contribution in [0.4, 0.5) is 11.4 Å². The van der Waals surface area contributed by atoms with Crippen LogP contribution >= 0.6 is 11.6 Å². The molecule has 0 aliphatic carbocycles. The lowest BCUT2D eigenvalue weighted by atomic mass is 10.1. The molecule has 0 aromatic heterocycles. The van der Waals surface area contributed by atoms with Crippen LogP contribution in [0.1, 0.15) is 58.3 Å². The summed E-state index contributed by atoms with van der Waals surface area (Å²) in [5.41, 5.74) is 0.794. The van der Waals surface area contributed by atoms with E-state index >= 15 is 0 Å². The molecule has 118 valence electrons. The highest BCUT2D eigenvalue weighted by molar-refractivity contribution is 6.32. The molecule has 0 aliphatic heterocycles. The van der Waals surface area contributed by atoms with Crippen LogP contribution in [0.5, 0.6) is 0 Å². The summed E-state index contributed by atoms with van der Waals surface area (Å²) in [4.78, 5) is 10.2. The first-order chi connectivity index (χ1) is 10.1. The molecule has 0 amide bonds. The van der Waals surface area contributed by atoms with Crippen LogP contribution in [0.25, 0.3) is 0 Å². The normalized spacial score (nSPS) is 10.6. The van der Waals surface area contributed by atoms with Crippen molar-refractivity contribution in [2.24, 2.45) is 0 Å². The number of nitrogens with zero attached hydrogens (tertiary/aromatic N) is 1. The number of nitrogens with one attached hydrogen (secondary N) is 1. The number of nitro groups is 1. The second-order valence-electron chi connectivity index (χ2n) is 5.32. The Hall–Kier alpha value is -1.29. The fourth-order valence-electron chi connectivity index (χ4n) is 2.26. The number of hydrogen-bond donors (Lipinski definition) is 1. The van der Waals surface area contributed by atoms with E-state index in [-0.39, 0.29) is 10.7 Å². The number of unbranched alkanes of at least 4 members (excludes halogenated alkanes) is 7. The largest absolute Gasteiger partial charge is 0.385 e. The predicted molar refractivity (Wildman–Crippen MR) is 89.2 cm³/mol. The third kappa shape index (κ3) is 7.32. The monoisotopic (exact) mass is 312 g/mol. The molecule has 0 atom stereocenters. The van der Waals surface area contributed by atoms with Gasteiger partial charge in [-0.05, 0) is 18.6 Å². The van der Waals surface area contributed by atoms with Gasteiger partial charge < -0.3 is 5.32 Å². The van der Waals surface area contributed by atoms with Crippen LogP contribution in [0.3, 0.4) is 0 Å². The van der Waals surface area contributed by atoms with E-state index in [4.69, 9.17) is 11.6 Å². The van der Waals surface area contributed by atoms with E-state index in [9.17, 15) is 10.1 Å². The maximum absolute atomic E-state index is 10.7. The average Bonchev–Trinajstić information content (AvgIpc) is 2.45. The molecule has 0 heterocycles. The van der Waals surface area contributed by atoms with E-state index in [2.05, 4.69) is 12.2 Å². The van der Waals surface area contributed by atoms with Crippen LogP contribution in [0, 0.1) is 10.1 Å². The lowest BCUT2D eigenvalue weighted by Crippen LogP contribution is -2.01. The van der Waals surface area contributed by atoms with E-state index in [0.29, 0.717) is 0 Å². The number of hydrogen-bond acceptors (Lipinski definition) is 3. The van der Waals surface area contributed by atoms with Crippen molar-refractivity contribution in [3.05, 3.63) is 33.3 Å². The minimum atomic E-state index is -0.468. The molecule has 5 heteroatoms. The maximum Gasteiger partial charge on any atom is 0.288 e. The van der Waals surface area contributed by atoms with Crippen molar-refractivity contribution in [1.29, 1.82) is 0 Å². The topological polar surface area (TPSA) is 55.2 Å². The Bertz CT molecular complexity index is 438. The lowest BCUT2D eigenvalue weighted by Gasteiger charge is -2.07. The standard InChI is InChI=1S/C16H25ClN2O2/c1-2-3-4-5-6-7-8-9-12-18-14-10-11-16(19(20)21)15(17)13-14/h10-11,13,18H,2-9,12H2,1H3. The summed E-state index contributed by atoms with van der Waals surface area (Å²) in [5.74, 6) is 0. The Balaban J connectivity index is 2.13. The minimum absolute atomic E-state index is 0.0469. The van der Waals surface area contributed by atoms with Gasteiger partial charge in [0.15, 0.2) is 0 Å². The van der Waals surface area contributed by atoms with E-state index in [1.165, 1.54) is 51.0 Å². The van der Waals surface area contributed by atoms with Gasteiger partial charge in [0.05, 0.1) is 4.92 Å². The van der Waals surface area contributed by atoms with Crippen LogP contribution in [0.2, 0.25) is 5.02 Å². The lowest BCUT2D eigenvalue weighted by molar-refractivity contribution is -0.384. The second kappa shape index (κ2) is 10.4. The van der Waals surface area contributed by atoms with Gasteiger partial charge in [0.1, 0.15) is 5.02 Å². The van der Waals surface area contributed by atoms with Gasteiger partial charge in [0.25, 0.3) is 5.69 Å². The molecule has 1 N–H and O–H groups in total. The summed E-state index contributed by atoms with van der Waals surface area (Å²) >= 11 is 5.87. The van der Waals surface area contributed by atoms with Gasteiger partial charge in [0, 0.05) is 18.3 Å². The first-order valence-corrected chi connectivity index (χ1v) is 8.20. The molecule has 1 aromatic carbocycles. The minimum Gasteiger partial charge on any atom is -0.385 e. The van der Waals surface area contributed by atoms with E-state index in [1.54, 1.807) is 12.1 Å². The molecule has 0 bridgehead atoms. The number of nitro benzene ring substituents is 1. The molecular formula is C16H25ClN2O2. The van der Waals surface area contributed by atoms with Gasteiger partial charge in [-0.15, -0.1) is 0 Å². The molecular weight excluding hydrogens is 288 g/mol. The highest BCUT2D eigenvalue weighted by atomic mass is 35.5. The third-order valence-corrected chi connectivity index (χ3v) is 3.81. The zero-order valence-electron chi connectivity index (χ0n) is 12.7. The molecule has 21 heavy (non-hydrogen) atoms. The summed E-state index contributed by atoms with van der Waals surface area (Å²) in [5, 5.41) is 14.1. The molecule has 0 radical (unpaired) electrons. The van der Waals surface area contributed by atoms with E-state index in [0.717, 1.165) is 18.7 Å². The van der Waals surface area contributed by atoms with Crippen molar-refractivity contribution in [2.45, 2.75) is 58.3 Å². The smallest absolute Gasteiger partial charge is 0.288 e. The van der Waals surface area contributed by atoms with Crippen LogP contribution in [-0.4, -0.2) is 11.5 Å². The van der Waals surface area contributed by atoms with Gasteiger partial charge >= 0.3 is 0 Å². The Morgan fingerprint density at radius 2 is 1.71 bits per heavy atom. The maximum atomic E-state index is 10.7. The predicted octanol–water partition coefficient (Wildman–Crippen LogP) is 5.80. The summed E-state index contributed by atoms with van der Waals surface area (Å²) in [7, 11) is 0. The molecule has 0 aliphatic rings. The first-order valence-electron chi connectivity index (χ1n) is 7.83. The summed E-state index contributed by atoms with van der Waals surface area (Å²) < 4.78 is 0. The fraction of sp³-hybridized carbons (Fsp3) is 0.625. The summed E-state index contributed by atoms with van der Waals surface area (Å²) in [6, 6.07) is 4.76. The molecule has 0 saturated heterocycles. The fourth-order valence-corrected chi connectivity index (χ4v) is 2.51. The van der Waals surface area contributed by atoms with Crippen molar-refractivity contribution in [3.8, 4) is 0 Å². The zero-order valence-corrected chi connectivity index (χ0v) is 13.5. The quantitative estimate of drug-likeness (QED) is 0.319. The SMILES string of the molecule is CCCCCCCCCCNc1ccc([N+](=O)[O-])c(Cl)c1. The first kappa shape index (κ1) is 17.8. The molecule has 4 nitrogen and oxygen atoms in total. The zero-order chi connectivity index (χ0) is 15.5. The van der Waals surface area contributed by atoms with Crippen molar-refractivity contribution < 1.29 is 4.92 Å². The highest BCUT2D eigenvalue weighted by Gasteiger charge is 2.11. The number of anilines is 1. The molecule has 1 rings (SSSR count). The number of halogens is 1. The van der Waals surface area contributed by atoms with Gasteiger partial charge in [-0.2, -0.15) is 0 Å². The molecule has 0 spiro atoms. The van der Waals surface area contributed by atoms with Crippen molar-refractivity contribution >= 4 is 23.0 Å². The van der Waals surface area contributed by atoms with Crippen molar-refractivity contribution in [1.82, 2.24) is 0 Å². The number of rotatable bonds is 11. The molecule has 0 unspecified atom stereocenters. The van der Waals surface area contributed by atoms with Gasteiger partial charge in [0.2, 0.25) is 0 Å². The summed E-state index contributed by atoms with van der Waals surface area (Å²) in [6.07, 6.45) is 10.3. The average molecular weight is 313 g/mol. The van der Waals surface area contributed by atoms with Gasteiger partial charge in [-0.25, -0.2) is 0 Å². The van der Waals surface area contributed by atoms with Crippen LogP contribution < -0.4 is 5.32 Å². The van der Waals surface area contributed by atoms with E-state index < -0.39 is 4.92 Å². The Morgan fingerprint density at radius 1 is 1.10 bits per heavy atom. The Morgan fingerprint density at radius 3 is 2.29 bits per heavy atom. The van der Waals surface area contributed by atoms with Crippen molar-refractivity contribution in [2.75, 3.05) is 11.9 Å². The Labute approximate surface area is 132 Å². The Kier molecular flexibility index (Phi) is 8.83. The molecule has 1 aromatic rings. The van der Waals surface area contributed by atoms with Crippen molar-refractivity contribution in [3.63, 3.8) is 0 Å². The molecule has 0 saturated carbocycles. The second-order valence-corrected chi connectivity index (χ2v) is 5.73. The molecule has 0 fully saturated rings. The van der Waals surface area contributed by atoms with E-state index in [1.807, 2.05) is 0 Å². The van der Waals surface area contributed by atoms with Crippen LogP contribution in [0.15, 0.2) is 18.2 Å². The van der Waals surface area contributed by atoms with Gasteiger partial charge in [-0.1, -0.05) is 63.5 Å². The number of benzene rings is 1. The third-order valence-electron chi connectivity index (χ3n) is 3.50. The highest BCUT2D eigenvalue weighted by Crippen LogP contribution is 2.27. The van der Waals surface area contributed by atoms with Gasteiger partial charge in [-0.3, -0.25) is 10.1 Å². The van der Waals surface area contributed by atoms with Crippen LogP contribution in [-0.2, 0) is 0 Å².